The fourth-order valence-corrected chi connectivity index (χ4v) is 4.41. The summed E-state index contributed by atoms with van der Waals surface area (Å²) >= 11 is 0. The van der Waals surface area contributed by atoms with Gasteiger partial charge in [0.05, 0.1) is 17.9 Å². The number of nitrogens with two attached hydrogens (primary N) is 1. The average Bonchev–Trinajstić information content (AvgIpc) is 2.77. The summed E-state index contributed by atoms with van der Waals surface area (Å²) in [6.07, 6.45) is 1.56. The molecule has 0 aliphatic carbocycles. The number of primary sulfonamides is 1. The molecule has 0 aliphatic heterocycles. The molecule has 0 spiro atoms. The van der Waals surface area contributed by atoms with Crippen molar-refractivity contribution in [3.8, 4) is 17.0 Å². The highest BCUT2D eigenvalue weighted by atomic mass is 32.2. The van der Waals surface area contributed by atoms with E-state index in [2.05, 4.69) is 4.98 Å². The molecule has 2 aromatic carbocycles. The zero-order valence-electron chi connectivity index (χ0n) is 19.8. The van der Waals surface area contributed by atoms with Crippen LogP contribution in [0.4, 0.5) is 0 Å². The fraction of sp³-hybridized carbons (Fsp3) is 0.308. The summed E-state index contributed by atoms with van der Waals surface area (Å²) in [6.45, 7) is 8.20. The van der Waals surface area contributed by atoms with Crippen LogP contribution in [0.25, 0.3) is 11.1 Å². The first-order valence-corrected chi connectivity index (χ1v) is 12.5. The maximum Gasteiger partial charge on any atom is 0.307 e. The molecule has 0 bridgehead atoms. The van der Waals surface area contributed by atoms with Gasteiger partial charge in [0.15, 0.2) is 0 Å². The van der Waals surface area contributed by atoms with Crippen LogP contribution in [-0.2, 0) is 26.7 Å². The van der Waals surface area contributed by atoms with E-state index < -0.39 is 21.4 Å². The highest BCUT2D eigenvalue weighted by molar-refractivity contribution is 7.89. The summed E-state index contributed by atoms with van der Waals surface area (Å²) in [4.78, 5) is 15.9. The largest absolute Gasteiger partial charge is 0.481 e. The van der Waals surface area contributed by atoms with Gasteiger partial charge in [-0.25, -0.2) is 18.5 Å². The number of hydrogen-bond acceptors (Lipinski definition) is 5. The molecule has 0 atom stereocenters. The summed E-state index contributed by atoms with van der Waals surface area (Å²) in [6, 6.07) is 15.9. The van der Waals surface area contributed by atoms with Crippen LogP contribution < -0.4 is 9.88 Å². The lowest BCUT2D eigenvalue weighted by Crippen LogP contribution is -2.27. The van der Waals surface area contributed by atoms with Crippen LogP contribution in [0, 0.1) is 0 Å². The summed E-state index contributed by atoms with van der Waals surface area (Å²) in [5, 5.41) is 14.7. The number of rotatable bonds is 9. The predicted molar refractivity (Wildman–Crippen MR) is 131 cm³/mol. The molecule has 3 N–H and O–H groups in total. The van der Waals surface area contributed by atoms with Gasteiger partial charge in [0.1, 0.15) is 0 Å². The number of ether oxygens (including phenoxy) is 1. The molecular weight excluding hydrogens is 452 g/mol. The summed E-state index contributed by atoms with van der Waals surface area (Å²) in [7, 11) is -3.81. The monoisotopic (exact) mass is 482 g/mol. The molecule has 8 heteroatoms. The SMILES string of the molecule is CC(C)c1cccc(-c2ccnc(OCC(C)(C)c3cccc(S(N)(=O)=O)c3)c2)c1CC(=O)O. The summed E-state index contributed by atoms with van der Waals surface area (Å²) in [5.41, 5.74) is 3.67. The number of hydrogen-bond donors (Lipinski definition) is 2. The van der Waals surface area contributed by atoms with Gasteiger partial charge in [0.2, 0.25) is 15.9 Å². The van der Waals surface area contributed by atoms with Crippen molar-refractivity contribution < 1.29 is 23.1 Å². The molecule has 0 aliphatic rings. The number of benzene rings is 2. The van der Waals surface area contributed by atoms with E-state index in [0.29, 0.717) is 5.88 Å². The first-order chi connectivity index (χ1) is 15.9. The maximum atomic E-state index is 11.7. The Morgan fingerprint density at radius 1 is 1.12 bits per heavy atom. The van der Waals surface area contributed by atoms with Crippen LogP contribution in [0.1, 0.15) is 50.3 Å². The molecule has 3 rings (SSSR count). The Labute approximate surface area is 200 Å². The Hall–Kier alpha value is -3.23. The van der Waals surface area contributed by atoms with E-state index in [4.69, 9.17) is 9.88 Å². The van der Waals surface area contributed by atoms with Crippen LogP contribution in [0.15, 0.2) is 65.7 Å². The van der Waals surface area contributed by atoms with E-state index in [1.54, 1.807) is 24.4 Å². The zero-order chi connectivity index (χ0) is 25.1. The van der Waals surface area contributed by atoms with Crippen molar-refractivity contribution >= 4 is 16.0 Å². The number of carboxylic acids is 1. The molecule has 7 nitrogen and oxygen atoms in total. The smallest absolute Gasteiger partial charge is 0.307 e. The molecule has 3 aromatic rings. The van der Waals surface area contributed by atoms with Crippen LogP contribution in [0.3, 0.4) is 0 Å². The molecule has 0 radical (unpaired) electrons. The minimum Gasteiger partial charge on any atom is -0.481 e. The standard InChI is InChI=1S/C26H30N2O5S/c1-17(2)21-9-6-10-22(23(21)15-25(29)30)18-11-12-28-24(13-18)33-16-26(3,4)19-7-5-8-20(14-19)34(27,31)32/h5-14,17H,15-16H2,1-4H3,(H,29,30)(H2,27,31,32). The fourth-order valence-electron chi connectivity index (χ4n) is 3.85. The molecule has 1 aromatic heterocycles. The second-order valence-corrected chi connectivity index (χ2v) is 10.8. The Kier molecular flexibility index (Phi) is 7.43. The highest BCUT2D eigenvalue weighted by Crippen LogP contribution is 2.32. The van der Waals surface area contributed by atoms with Gasteiger partial charge in [0.25, 0.3) is 0 Å². The van der Waals surface area contributed by atoms with Gasteiger partial charge >= 0.3 is 5.97 Å². The van der Waals surface area contributed by atoms with Crippen molar-refractivity contribution in [2.75, 3.05) is 6.61 Å². The lowest BCUT2D eigenvalue weighted by atomic mass is 9.85. The second-order valence-electron chi connectivity index (χ2n) is 9.23. The molecule has 0 unspecified atom stereocenters. The first kappa shape index (κ1) is 25.4. The van der Waals surface area contributed by atoms with E-state index in [1.807, 2.05) is 58.0 Å². The van der Waals surface area contributed by atoms with Crippen molar-refractivity contribution in [2.45, 2.75) is 50.3 Å². The van der Waals surface area contributed by atoms with Gasteiger partial charge in [-0.05, 0) is 51.9 Å². The molecule has 0 amide bonds. The van der Waals surface area contributed by atoms with Gasteiger partial charge in [-0.1, -0.05) is 58.0 Å². The molecule has 0 saturated heterocycles. The number of aromatic nitrogens is 1. The van der Waals surface area contributed by atoms with Crippen molar-refractivity contribution in [2.24, 2.45) is 5.14 Å². The van der Waals surface area contributed by atoms with Gasteiger partial charge in [-0.3, -0.25) is 4.79 Å². The van der Waals surface area contributed by atoms with E-state index in [0.717, 1.165) is 27.8 Å². The summed E-state index contributed by atoms with van der Waals surface area (Å²) < 4.78 is 29.5. The van der Waals surface area contributed by atoms with Gasteiger partial charge in [-0.2, -0.15) is 0 Å². The van der Waals surface area contributed by atoms with Gasteiger partial charge in [-0.15, -0.1) is 0 Å². The molecule has 34 heavy (non-hydrogen) atoms. The minimum atomic E-state index is -3.81. The lowest BCUT2D eigenvalue weighted by Gasteiger charge is -2.25. The number of nitrogens with zero attached hydrogens (tertiary/aromatic N) is 1. The normalized spacial score (nSPS) is 12.1. The van der Waals surface area contributed by atoms with Crippen LogP contribution in [-0.4, -0.2) is 31.1 Å². The van der Waals surface area contributed by atoms with Crippen LogP contribution >= 0.6 is 0 Å². The van der Waals surface area contributed by atoms with Crippen molar-refractivity contribution in [1.29, 1.82) is 0 Å². The molecule has 0 saturated carbocycles. The third kappa shape index (κ3) is 6.01. The highest BCUT2D eigenvalue weighted by Gasteiger charge is 2.24. The van der Waals surface area contributed by atoms with Crippen molar-refractivity contribution in [3.63, 3.8) is 0 Å². The van der Waals surface area contributed by atoms with Gasteiger partial charge in [0, 0.05) is 17.7 Å². The number of carbonyl (C=O) groups is 1. The van der Waals surface area contributed by atoms with E-state index >= 15 is 0 Å². The Morgan fingerprint density at radius 2 is 1.82 bits per heavy atom. The van der Waals surface area contributed by atoms with Crippen molar-refractivity contribution in [3.05, 3.63) is 77.5 Å². The Morgan fingerprint density at radius 3 is 2.47 bits per heavy atom. The third-order valence-electron chi connectivity index (χ3n) is 5.73. The van der Waals surface area contributed by atoms with Gasteiger partial charge < -0.3 is 9.84 Å². The zero-order valence-corrected chi connectivity index (χ0v) is 20.6. The maximum absolute atomic E-state index is 11.7. The molecular formula is C26H30N2O5S. The van der Waals surface area contributed by atoms with E-state index in [1.165, 1.54) is 6.07 Å². The van der Waals surface area contributed by atoms with E-state index in [9.17, 15) is 18.3 Å². The predicted octanol–water partition coefficient (Wildman–Crippen LogP) is 4.50. The quantitative estimate of drug-likeness (QED) is 0.463. The molecule has 180 valence electrons. The average molecular weight is 483 g/mol. The Bertz CT molecular complexity index is 1300. The first-order valence-electron chi connectivity index (χ1n) is 10.9. The molecule has 1 heterocycles. The minimum absolute atomic E-state index is 0.0502. The van der Waals surface area contributed by atoms with Crippen LogP contribution in [0.5, 0.6) is 5.88 Å². The van der Waals surface area contributed by atoms with Crippen molar-refractivity contribution in [1.82, 2.24) is 4.98 Å². The molecule has 0 fully saturated rings. The lowest BCUT2D eigenvalue weighted by molar-refractivity contribution is -0.136. The third-order valence-corrected chi connectivity index (χ3v) is 6.64. The number of carboxylic acid groups (broad SMARTS) is 1. The second kappa shape index (κ2) is 9.95. The number of pyridine rings is 1. The van der Waals surface area contributed by atoms with E-state index in [-0.39, 0.29) is 23.8 Å². The Balaban J connectivity index is 1.89. The summed E-state index contributed by atoms with van der Waals surface area (Å²) in [5.74, 6) is -0.312. The number of aliphatic carboxylic acids is 1. The number of sulfonamides is 1. The topological polar surface area (TPSA) is 120 Å². The van der Waals surface area contributed by atoms with Crippen LogP contribution in [0.2, 0.25) is 0 Å².